The van der Waals surface area contributed by atoms with E-state index < -0.39 is 0 Å². The highest BCUT2D eigenvalue weighted by Gasteiger charge is 2.44. The first-order valence-corrected chi connectivity index (χ1v) is 6.66. The minimum absolute atomic E-state index is 0.488. The number of ether oxygens (including phenoxy) is 1. The summed E-state index contributed by atoms with van der Waals surface area (Å²) in [5.74, 6) is 2.13. The molecule has 1 atom stereocenters. The summed E-state index contributed by atoms with van der Waals surface area (Å²) in [5, 5.41) is 3.36. The van der Waals surface area contributed by atoms with Gasteiger partial charge in [-0.1, -0.05) is 20.8 Å². The van der Waals surface area contributed by atoms with Crippen LogP contribution in [0, 0.1) is 11.3 Å². The summed E-state index contributed by atoms with van der Waals surface area (Å²) in [6.45, 7) is 8.28. The third-order valence-corrected chi connectivity index (χ3v) is 3.58. The maximum Gasteiger partial charge on any atom is 0.239 e. The number of pyridine rings is 1. The van der Waals surface area contributed by atoms with Crippen molar-refractivity contribution in [3.8, 4) is 5.88 Å². The van der Waals surface area contributed by atoms with Crippen molar-refractivity contribution in [3.63, 3.8) is 0 Å². The van der Waals surface area contributed by atoms with Gasteiger partial charge in [0.05, 0.1) is 12.3 Å². The molecule has 1 aliphatic rings. The zero-order chi connectivity index (χ0) is 13.2. The van der Waals surface area contributed by atoms with E-state index in [-0.39, 0.29) is 0 Å². The van der Waals surface area contributed by atoms with E-state index in [4.69, 9.17) is 10.5 Å². The van der Waals surface area contributed by atoms with E-state index in [1.165, 1.54) is 6.42 Å². The summed E-state index contributed by atoms with van der Waals surface area (Å²) in [6.07, 6.45) is 2.24. The highest BCUT2D eigenvalue weighted by molar-refractivity contribution is 5.53. The lowest BCUT2D eigenvalue weighted by Gasteiger charge is -2.11. The lowest BCUT2D eigenvalue weighted by atomic mass is 10.1. The Morgan fingerprint density at radius 1 is 1.50 bits per heavy atom. The minimum Gasteiger partial charge on any atom is -0.476 e. The van der Waals surface area contributed by atoms with Crippen LogP contribution in [0.5, 0.6) is 5.88 Å². The van der Waals surface area contributed by atoms with Gasteiger partial charge in [-0.2, -0.15) is 4.98 Å². The summed E-state index contributed by atoms with van der Waals surface area (Å²) in [4.78, 5) is 4.40. The Kier molecular flexibility index (Phi) is 3.64. The molecular weight excluding hydrogens is 226 g/mol. The molecule has 3 N–H and O–H groups in total. The number of nitrogens with one attached hydrogen (secondary N) is 1. The first-order chi connectivity index (χ1) is 8.53. The zero-order valence-corrected chi connectivity index (χ0v) is 11.5. The van der Waals surface area contributed by atoms with Gasteiger partial charge in [0.2, 0.25) is 5.88 Å². The first-order valence-electron chi connectivity index (χ1n) is 6.66. The van der Waals surface area contributed by atoms with E-state index in [0.29, 0.717) is 23.6 Å². The van der Waals surface area contributed by atoms with Gasteiger partial charge in [-0.3, -0.25) is 0 Å². The van der Waals surface area contributed by atoms with Gasteiger partial charge in [0.25, 0.3) is 0 Å². The van der Waals surface area contributed by atoms with E-state index >= 15 is 0 Å². The molecule has 0 spiro atoms. The van der Waals surface area contributed by atoms with Crippen molar-refractivity contribution < 1.29 is 4.74 Å². The molecule has 4 heteroatoms. The van der Waals surface area contributed by atoms with Crippen LogP contribution in [0.3, 0.4) is 0 Å². The molecule has 0 aliphatic heterocycles. The highest BCUT2D eigenvalue weighted by atomic mass is 16.5. The van der Waals surface area contributed by atoms with Crippen LogP contribution in [-0.4, -0.2) is 18.1 Å². The van der Waals surface area contributed by atoms with Gasteiger partial charge >= 0.3 is 0 Å². The predicted molar refractivity (Wildman–Crippen MR) is 74.8 cm³/mol. The smallest absolute Gasteiger partial charge is 0.239 e. The number of aromatic nitrogens is 1. The molecule has 1 unspecified atom stereocenters. The van der Waals surface area contributed by atoms with Crippen molar-refractivity contribution in [3.05, 3.63) is 12.1 Å². The third-order valence-electron chi connectivity index (χ3n) is 3.58. The number of nitrogen functional groups attached to an aromatic ring is 1. The van der Waals surface area contributed by atoms with Gasteiger partial charge in [-0.05, 0) is 36.3 Å². The van der Waals surface area contributed by atoms with E-state index in [1.807, 2.05) is 12.1 Å². The standard InChI is InChI=1S/C14H23N3O/c1-4-7-18-13-11(15)5-6-12(17-13)16-9-10-8-14(10,2)3/h5-6,10H,4,7-9,15H2,1-3H3,(H,16,17). The van der Waals surface area contributed by atoms with Gasteiger partial charge in [-0.15, -0.1) is 0 Å². The van der Waals surface area contributed by atoms with Crippen LogP contribution in [-0.2, 0) is 0 Å². The van der Waals surface area contributed by atoms with Gasteiger partial charge in [0.1, 0.15) is 5.82 Å². The van der Waals surface area contributed by atoms with E-state index in [0.717, 1.165) is 24.7 Å². The van der Waals surface area contributed by atoms with Crippen molar-refractivity contribution in [2.45, 2.75) is 33.6 Å². The normalized spacial score (nSPS) is 20.5. The van der Waals surface area contributed by atoms with Gasteiger partial charge < -0.3 is 15.8 Å². The molecule has 18 heavy (non-hydrogen) atoms. The average molecular weight is 249 g/mol. The van der Waals surface area contributed by atoms with Crippen molar-refractivity contribution >= 4 is 11.5 Å². The Morgan fingerprint density at radius 3 is 2.83 bits per heavy atom. The van der Waals surface area contributed by atoms with Crippen LogP contribution in [0.15, 0.2) is 12.1 Å². The van der Waals surface area contributed by atoms with Crippen molar-refractivity contribution in [1.82, 2.24) is 4.98 Å². The van der Waals surface area contributed by atoms with Crippen LogP contribution < -0.4 is 15.8 Å². The third kappa shape index (κ3) is 3.06. The maximum absolute atomic E-state index is 5.83. The number of hydrogen-bond donors (Lipinski definition) is 2. The molecule has 0 amide bonds. The number of anilines is 2. The molecule has 0 saturated heterocycles. The van der Waals surface area contributed by atoms with Gasteiger partial charge in [0.15, 0.2) is 0 Å². The molecule has 2 rings (SSSR count). The molecule has 1 fully saturated rings. The summed E-state index contributed by atoms with van der Waals surface area (Å²) in [6, 6.07) is 3.75. The van der Waals surface area contributed by atoms with Gasteiger partial charge in [0, 0.05) is 6.54 Å². The molecule has 0 bridgehead atoms. The van der Waals surface area contributed by atoms with Crippen LogP contribution in [0.4, 0.5) is 11.5 Å². The fraction of sp³-hybridized carbons (Fsp3) is 0.643. The Hall–Kier alpha value is -1.45. The quantitative estimate of drug-likeness (QED) is 0.813. The lowest BCUT2D eigenvalue weighted by molar-refractivity contribution is 0.307. The zero-order valence-electron chi connectivity index (χ0n) is 11.5. The second-order valence-electron chi connectivity index (χ2n) is 5.71. The minimum atomic E-state index is 0.488. The van der Waals surface area contributed by atoms with Crippen LogP contribution in [0.25, 0.3) is 0 Å². The SMILES string of the molecule is CCCOc1nc(NCC2CC2(C)C)ccc1N. The van der Waals surface area contributed by atoms with Crippen LogP contribution >= 0.6 is 0 Å². The molecule has 0 radical (unpaired) electrons. The molecule has 0 aromatic carbocycles. The van der Waals surface area contributed by atoms with E-state index in [1.54, 1.807) is 0 Å². The number of hydrogen-bond acceptors (Lipinski definition) is 4. The lowest BCUT2D eigenvalue weighted by Crippen LogP contribution is -2.09. The summed E-state index contributed by atoms with van der Waals surface area (Å²) in [7, 11) is 0. The molecular formula is C14H23N3O. The van der Waals surface area contributed by atoms with E-state index in [9.17, 15) is 0 Å². The Balaban J connectivity index is 1.92. The Morgan fingerprint density at radius 2 is 2.22 bits per heavy atom. The molecule has 1 aromatic heterocycles. The molecule has 1 heterocycles. The molecule has 100 valence electrons. The Labute approximate surface area is 109 Å². The summed E-state index contributed by atoms with van der Waals surface area (Å²) in [5.41, 5.74) is 6.91. The number of nitrogens with zero attached hydrogens (tertiary/aromatic N) is 1. The second kappa shape index (κ2) is 5.04. The Bertz CT molecular complexity index is 418. The number of nitrogens with two attached hydrogens (primary N) is 1. The van der Waals surface area contributed by atoms with Gasteiger partial charge in [-0.25, -0.2) is 0 Å². The molecule has 4 nitrogen and oxygen atoms in total. The van der Waals surface area contributed by atoms with Crippen LogP contribution in [0.1, 0.15) is 33.6 Å². The second-order valence-corrected chi connectivity index (χ2v) is 5.71. The van der Waals surface area contributed by atoms with Crippen molar-refractivity contribution in [2.24, 2.45) is 11.3 Å². The fourth-order valence-electron chi connectivity index (χ4n) is 2.02. The first kappa shape index (κ1) is 13.0. The topological polar surface area (TPSA) is 60.2 Å². The number of rotatable bonds is 6. The summed E-state index contributed by atoms with van der Waals surface area (Å²) >= 11 is 0. The molecule has 1 aliphatic carbocycles. The maximum atomic E-state index is 5.83. The molecule has 1 aromatic rings. The van der Waals surface area contributed by atoms with E-state index in [2.05, 4.69) is 31.1 Å². The average Bonchev–Trinajstić information content (AvgIpc) is 2.94. The monoisotopic (exact) mass is 249 g/mol. The largest absolute Gasteiger partial charge is 0.476 e. The van der Waals surface area contributed by atoms with Crippen LogP contribution in [0.2, 0.25) is 0 Å². The molecule has 1 saturated carbocycles. The van der Waals surface area contributed by atoms with Crippen molar-refractivity contribution in [2.75, 3.05) is 24.2 Å². The van der Waals surface area contributed by atoms with Crippen molar-refractivity contribution in [1.29, 1.82) is 0 Å². The fourth-order valence-corrected chi connectivity index (χ4v) is 2.02. The summed E-state index contributed by atoms with van der Waals surface area (Å²) < 4.78 is 5.51. The predicted octanol–water partition coefficient (Wildman–Crippen LogP) is 2.91. The highest BCUT2D eigenvalue weighted by Crippen LogP contribution is 2.51.